The van der Waals surface area contributed by atoms with Crippen molar-refractivity contribution in [1.82, 2.24) is 0 Å². The second-order valence-electron chi connectivity index (χ2n) is 6.61. The molecule has 3 aromatic carbocycles. The van der Waals surface area contributed by atoms with Gasteiger partial charge in [0.1, 0.15) is 5.75 Å². The molecule has 0 aliphatic carbocycles. The molecule has 3 aromatic rings. The number of fused-ring (bicyclic) bond motifs is 1. The Bertz CT molecular complexity index is 787. The van der Waals surface area contributed by atoms with Crippen molar-refractivity contribution in [3.8, 4) is 5.75 Å². The summed E-state index contributed by atoms with van der Waals surface area (Å²) >= 11 is 0. The average Bonchev–Trinajstić information content (AvgIpc) is 2.61. The molecule has 0 bridgehead atoms. The van der Waals surface area contributed by atoms with E-state index in [1.54, 1.807) is 7.11 Å². The summed E-state index contributed by atoms with van der Waals surface area (Å²) in [6.07, 6.45) is 0. The molecule has 3 rings (SSSR count). The van der Waals surface area contributed by atoms with Crippen LogP contribution in [-0.4, -0.2) is 13.7 Å². The Hall–Kier alpha value is -2.48. The highest BCUT2D eigenvalue weighted by Gasteiger charge is 2.11. The Balaban J connectivity index is 1.93. The molecule has 0 aliphatic rings. The van der Waals surface area contributed by atoms with Crippen LogP contribution in [0.25, 0.3) is 10.8 Å². The molecule has 0 unspecified atom stereocenters. The summed E-state index contributed by atoms with van der Waals surface area (Å²) in [4.78, 5) is 2.45. The van der Waals surface area contributed by atoms with Crippen molar-refractivity contribution in [2.75, 3.05) is 18.6 Å². The van der Waals surface area contributed by atoms with Crippen molar-refractivity contribution in [3.63, 3.8) is 0 Å². The molecule has 2 heteroatoms. The first-order valence-corrected chi connectivity index (χ1v) is 8.53. The number of rotatable bonds is 6. The van der Waals surface area contributed by atoms with E-state index in [4.69, 9.17) is 4.74 Å². The van der Waals surface area contributed by atoms with Gasteiger partial charge in [-0.1, -0.05) is 56.3 Å². The van der Waals surface area contributed by atoms with Crippen molar-refractivity contribution in [1.29, 1.82) is 0 Å². The Labute approximate surface area is 144 Å². The lowest BCUT2D eigenvalue weighted by molar-refractivity contribution is 0.415. The van der Waals surface area contributed by atoms with Crippen LogP contribution in [-0.2, 0) is 6.54 Å². The first-order valence-electron chi connectivity index (χ1n) is 8.53. The molecule has 0 N–H and O–H groups in total. The molecule has 2 nitrogen and oxygen atoms in total. The van der Waals surface area contributed by atoms with Gasteiger partial charge in [0.05, 0.1) is 7.11 Å². The van der Waals surface area contributed by atoms with E-state index in [0.29, 0.717) is 5.92 Å². The number of anilines is 1. The Kier molecular flexibility index (Phi) is 5.05. The molecule has 0 atom stereocenters. The molecule has 24 heavy (non-hydrogen) atoms. The first kappa shape index (κ1) is 16.4. The molecular weight excluding hydrogens is 294 g/mol. The fraction of sp³-hybridized carbons (Fsp3) is 0.273. The Morgan fingerprint density at radius 2 is 1.58 bits per heavy atom. The van der Waals surface area contributed by atoms with Gasteiger partial charge in [0, 0.05) is 18.8 Å². The van der Waals surface area contributed by atoms with Gasteiger partial charge in [0.25, 0.3) is 0 Å². The summed E-state index contributed by atoms with van der Waals surface area (Å²) in [6, 6.07) is 23.5. The lowest BCUT2D eigenvalue weighted by Gasteiger charge is -2.27. The summed E-state index contributed by atoms with van der Waals surface area (Å²) < 4.78 is 5.29. The minimum Gasteiger partial charge on any atom is -0.497 e. The number of methoxy groups -OCH3 is 1. The summed E-state index contributed by atoms with van der Waals surface area (Å²) in [5.41, 5.74) is 2.60. The van der Waals surface area contributed by atoms with Gasteiger partial charge in [-0.25, -0.2) is 0 Å². The van der Waals surface area contributed by atoms with Gasteiger partial charge in [-0.15, -0.1) is 0 Å². The number of nitrogens with zero attached hydrogens (tertiary/aromatic N) is 1. The van der Waals surface area contributed by atoms with Crippen LogP contribution in [0.4, 0.5) is 5.69 Å². The van der Waals surface area contributed by atoms with Gasteiger partial charge in [0.15, 0.2) is 0 Å². The van der Waals surface area contributed by atoms with Crippen LogP contribution < -0.4 is 9.64 Å². The minimum absolute atomic E-state index is 0.599. The smallest absolute Gasteiger partial charge is 0.119 e. The number of hydrogen-bond donors (Lipinski definition) is 0. The molecule has 0 spiro atoms. The third-order valence-corrected chi connectivity index (χ3v) is 4.26. The summed E-state index contributed by atoms with van der Waals surface area (Å²) in [5.74, 6) is 1.50. The topological polar surface area (TPSA) is 12.5 Å². The number of hydrogen-bond acceptors (Lipinski definition) is 2. The molecule has 0 heterocycles. The van der Waals surface area contributed by atoms with Crippen LogP contribution in [0.2, 0.25) is 0 Å². The molecule has 0 aliphatic heterocycles. The summed E-state index contributed by atoms with van der Waals surface area (Å²) in [6.45, 7) is 6.46. The standard InChI is InChI=1S/C22H25NO/c1-17(2)15-23(20-11-13-21(24-3)14-12-20)16-19-9-6-8-18-7-4-5-10-22(18)19/h4-14,17H,15-16H2,1-3H3. The van der Waals surface area contributed by atoms with Gasteiger partial charge in [-0.05, 0) is 46.5 Å². The van der Waals surface area contributed by atoms with Crippen LogP contribution in [0.5, 0.6) is 5.75 Å². The minimum atomic E-state index is 0.599. The van der Waals surface area contributed by atoms with Crippen LogP contribution in [0.3, 0.4) is 0 Å². The molecular formula is C22H25NO. The van der Waals surface area contributed by atoms with Crippen LogP contribution >= 0.6 is 0 Å². The predicted molar refractivity (Wildman–Crippen MR) is 103 cm³/mol. The molecule has 0 amide bonds. The maximum absolute atomic E-state index is 5.29. The second-order valence-corrected chi connectivity index (χ2v) is 6.61. The SMILES string of the molecule is COc1ccc(N(Cc2cccc3ccccc23)CC(C)C)cc1. The predicted octanol–water partition coefficient (Wildman–Crippen LogP) is 5.51. The zero-order valence-corrected chi connectivity index (χ0v) is 14.7. The monoisotopic (exact) mass is 319 g/mol. The highest BCUT2D eigenvalue weighted by atomic mass is 16.5. The van der Waals surface area contributed by atoms with E-state index < -0.39 is 0 Å². The average molecular weight is 319 g/mol. The van der Waals surface area contributed by atoms with E-state index >= 15 is 0 Å². The van der Waals surface area contributed by atoms with Crippen molar-refractivity contribution >= 4 is 16.5 Å². The maximum Gasteiger partial charge on any atom is 0.119 e. The Morgan fingerprint density at radius 3 is 2.29 bits per heavy atom. The van der Waals surface area contributed by atoms with E-state index in [9.17, 15) is 0 Å². The zero-order valence-electron chi connectivity index (χ0n) is 14.7. The zero-order chi connectivity index (χ0) is 16.9. The van der Waals surface area contributed by atoms with Gasteiger partial charge in [0.2, 0.25) is 0 Å². The quantitative estimate of drug-likeness (QED) is 0.594. The van der Waals surface area contributed by atoms with Crippen molar-refractivity contribution in [3.05, 3.63) is 72.3 Å². The lowest BCUT2D eigenvalue weighted by atomic mass is 10.0. The van der Waals surface area contributed by atoms with Crippen LogP contribution in [0.15, 0.2) is 66.7 Å². The van der Waals surface area contributed by atoms with Gasteiger partial charge in [-0.2, -0.15) is 0 Å². The maximum atomic E-state index is 5.29. The fourth-order valence-electron chi connectivity index (χ4n) is 3.13. The normalized spacial score (nSPS) is 11.0. The van der Waals surface area contributed by atoms with E-state index in [1.807, 2.05) is 12.1 Å². The van der Waals surface area contributed by atoms with Crippen LogP contribution in [0.1, 0.15) is 19.4 Å². The van der Waals surface area contributed by atoms with E-state index in [0.717, 1.165) is 18.8 Å². The van der Waals surface area contributed by atoms with Gasteiger partial charge < -0.3 is 9.64 Å². The second kappa shape index (κ2) is 7.39. The summed E-state index contributed by atoms with van der Waals surface area (Å²) in [5, 5.41) is 2.64. The van der Waals surface area contributed by atoms with Crippen LogP contribution in [0, 0.1) is 5.92 Å². The van der Waals surface area contributed by atoms with E-state index in [1.165, 1.54) is 22.0 Å². The van der Waals surface area contributed by atoms with Crippen molar-refractivity contribution < 1.29 is 4.74 Å². The molecule has 124 valence electrons. The lowest BCUT2D eigenvalue weighted by Crippen LogP contribution is -2.27. The number of ether oxygens (including phenoxy) is 1. The largest absolute Gasteiger partial charge is 0.497 e. The highest BCUT2D eigenvalue weighted by Crippen LogP contribution is 2.25. The fourth-order valence-corrected chi connectivity index (χ4v) is 3.13. The van der Waals surface area contributed by atoms with Crippen molar-refractivity contribution in [2.45, 2.75) is 20.4 Å². The summed E-state index contributed by atoms with van der Waals surface area (Å²) in [7, 11) is 1.71. The highest BCUT2D eigenvalue weighted by molar-refractivity contribution is 5.85. The molecule has 0 aromatic heterocycles. The Morgan fingerprint density at radius 1 is 0.875 bits per heavy atom. The van der Waals surface area contributed by atoms with E-state index in [-0.39, 0.29) is 0 Å². The van der Waals surface area contributed by atoms with Crippen molar-refractivity contribution in [2.24, 2.45) is 5.92 Å². The van der Waals surface area contributed by atoms with Gasteiger partial charge in [-0.3, -0.25) is 0 Å². The first-order chi connectivity index (χ1) is 11.7. The van der Waals surface area contributed by atoms with Gasteiger partial charge >= 0.3 is 0 Å². The third kappa shape index (κ3) is 3.70. The molecule has 0 radical (unpaired) electrons. The molecule has 0 fully saturated rings. The molecule has 0 saturated carbocycles. The number of benzene rings is 3. The molecule has 0 saturated heterocycles. The van der Waals surface area contributed by atoms with E-state index in [2.05, 4.69) is 73.3 Å². The third-order valence-electron chi connectivity index (χ3n) is 4.26.